The number of halogens is 1. The lowest BCUT2D eigenvalue weighted by atomic mass is 9.66. The molecule has 0 unspecified atom stereocenters. The number of aromatic nitrogens is 2. The summed E-state index contributed by atoms with van der Waals surface area (Å²) in [6.07, 6.45) is 0.110. The first kappa shape index (κ1) is 15.5. The molecule has 0 spiro atoms. The molecule has 0 fully saturated rings. The van der Waals surface area contributed by atoms with Crippen molar-refractivity contribution in [2.45, 2.75) is 24.9 Å². The number of fused-ring (bicyclic) bond motifs is 1. The van der Waals surface area contributed by atoms with Crippen LogP contribution in [0, 0.1) is 11.7 Å². The zero-order valence-corrected chi connectivity index (χ0v) is 12.7. The predicted octanol–water partition coefficient (Wildman–Crippen LogP) is 1.07. The third-order valence-electron chi connectivity index (χ3n) is 4.43. The number of H-pyrrole nitrogens is 2. The highest BCUT2D eigenvalue weighted by atomic mass is 19.1. The van der Waals surface area contributed by atoms with Crippen molar-refractivity contribution in [1.82, 2.24) is 10.2 Å². The van der Waals surface area contributed by atoms with Crippen LogP contribution in [0.3, 0.4) is 0 Å². The Bertz CT molecular complexity index is 791. The van der Waals surface area contributed by atoms with Crippen molar-refractivity contribution in [3.8, 4) is 0 Å². The highest BCUT2D eigenvalue weighted by molar-refractivity contribution is 5.77. The third-order valence-corrected chi connectivity index (χ3v) is 4.43. The molecule has 1 aliphatic rings. The summed E-state index contributed by atoms with van der Waals surface area (Å²) in [5.41, 5.74) is -0.301. The number of hydrogen-bond acceptors (Lipinski definition) is 4. The minimum absolute atomic E-state index is 0.110. The molecule has 0 saturated heterocycles. The lowest BCUT2D eigenvalue weighted by Gasteiger charge is -2.40. The van der Waals surface area contributed by atoms with Gasteiger partial charge in [-0.15, -0.1) is 0 Å². The average molecular weight is 320 g/mol. The van der Waals surface area contributed by atoms with Crippen LogP contribution in [0.5, 0.6) is 0 Å². The Morgan fingerprint density at radius 3 is 2.61 bits per heavy atom. The Hall–Kier alpha value is -2.41. The Balaban J connectivity index is 2.24. The van der Waals surface area contributed by atoms with E-state index in [9.17, 15) is 19.1 Å². The Morgan fingerprint density at radius 1 is 1.35 bits per heavy atom. The second kappa shape index (κ2) is 5.34. The molecule has 0 amide bonds. The van der Waals surface area contributed by atoms with Crippen LogP contribution in [0.25, 0.3) is 0 Å². The number of rotatable bonds is 2. The van der Waals surface area contributed by atoms with E-state index in [0.29, 0.717) is 16.8 Å². The standard InChI is InChI=1S/C16H17FN2O4/c1-16(22)7-10-12(14(20)19-18-10)11(13(16)15(21)23-2)8-3-5-9(17)6-4-8/h3-6,11,13,22H,7H2,1-2H3,(H2,18,19,20)/t11-,13+,16+/m1/s1. The van der Waals surface area contributed by atoms with Crippen LogP contribution in [0.15, 0.2) is 29.1 Å². The summed E-state index contributed by atoms with van der Waals surface area (Å²) in [4.78, 5) is 24.5. The van der Waals surface area contributed by atoms with Crippen molar-refractivity contribution in [3.05, 3.63) is 57.3 Å². The van der Waals surface area contributed by atoms with Gasteiger partial charge in [0.05, 0.1) is 18.6 Å². The number of methoxy groups -OCH3 is 1. The highest BCUT2D eigenvalue weighted by Crippen LogP contribution is 2.44. The molecule has 7 heteroatoms. The van der Waals surface area contributed by atoms with Crippen LogP contribution in [-0.2, 0) is 16.0 Å². The van der Waals surface area contributed by atoms with E-state index in [1.807, 2.05) is 0 Å². The minimum Gasteiger partial charge on any atom is -0.469 e. The summed E-state index contributed by atoms with van der Waals surface area (Å²) in [5, 5.41) is 16.0. The largest absolute Gasteiger partial charge is 0.469 e. The lowest BCUT2D eigenvalue weighted by Crippen LogP contribution is -2.49. The van der Waals surface area contributed by atoms with Crippen molar-refractivity contribution >= 4 is 5.97 Å². The maximum Gasteiger partial charge on any atom is 0.312 e. The van der Waals surface area contributed by atoms with E-state index in [4.69, 9.17) is 4.74 Å². The summed E-state index contributed by atoms with van der Waals surface area (Å²) in [6, 6.07) is 5.53. The summed E-state index contributed by atoms with van der Waals surface area (Å²) in [5.74, 6) is -2.73. The molecule has 0 bridgehead atoms. The minimum atomic E-state index is -1.41. The van der Waals surface area contributed by atoms with E-state index in [-0.39, 0.29) is 12.0 Å². The van der Waals surface area contributed by atoms with Crippen molar-refractivity contribution in [2.75, 3.05) is 7.11 Å². The van der Waals surface area contributed by atoms with Crippen molar-refractivity contribution in [2.24, 2.45) is 5.92 Å². The third kappa shape index (κ3) is 2.46. The number of ether oxygens (including phenoxy) is 1. The summed E-state index contributed by atoms with van der Waals surface area (Å²) in [6.45, 7) is 1.53. The quantitative estimate of drug-likeness (QED) is 0.721. The molecule has 1 aromatic heterocycles. The number of carbonyl (C=O) groups is 1. The number of esters is 1. The van der Waals surface area contributed by atoms with Gasteiger partial charge in [-0.3, -0.25) is 14.7 Å². The van der Waals surface area contributed by atoms with Gasteiger partial charge >= 0.3 is 5.97 Å². The second-order valence-corrected chi connectivity index (χ2v) is 6.04. The zero-order chi connectivity index (χ0) is 16.8. The smallest absolute Gasteiger partial charge is 0.312 e. The van der Waals surface area contributed by atoms with Crippen LogP contribution in [0.1, 0.15) is 29.7 Å². The van der Waals surface area contributed by atoms with E-state index in [2.05, 4.69) is 10.2 Å². The van der Waals surface area contributed by atoms with Gasteiger partial charge in [0.1, 0.15) is 5.82 Å². The molecule has 6 nitrogen and oxygen atoms in total. The van der Waals surface area contributed by atoms with Gasteiger partial charge in [0, 0.05) is 23.6 Å². The molecule has 0 saturated carbocycles. The van der Waals surface area contributed by atoms with E-state index in [1.165, 1.54) is 38.3 Å². The molecule has 0 radical (unpaired) electrons. The average Bonchev–Trinajstić information content (AvgIpc) is 2.85. The van der Waals surface area contributed by atoms with Crippen LogP contribution < -0.4 is 5.56 Å². The molecule has 3 N–H and O–H groups in total. The molecule has 2 aromatic rings. The Morgan fingerprint density at radius 2 is 2.00 bits per heavy atom. The molecule has 122 valence electrons. The SMILES string of the molecule is COC(=O)[C@@H]1[C@H](c2ccc(F)cc2)c2c([nH][nH]c2=O)C[C@]1(C)O. The normalized spacial score (nSPS) is 26.6. The first-order valence-corrected chi connectivity index (χ1v) is 7.20. The molecule has 3 rings (SSSR count). The molecular formula is C16H17FN2O4. The number of carbonyl (C=O) groups excluding carboxylic acids is 1. The fourth-order valence-electron chi connectivity index (χ4n) is 3.41. The van der Waals surface area contributed by atoms with Gasteiger partial charge < -0.3 is 14.9 Å². The number of aromatic amines is 2. The summed E-state index contributed by atoms with van der Waals surface area (Å²) < 4.78 is 18.1. The fraction of sp³-hybridized carbons (Fsp3) is 0.375. The number of hydrogen-bond donors (Lipinski definition) is 3. The number of aliphatic hydroxyl groups is 1. The topological polar surface area (TPSA) is 95.2 Å². The van der Waals surface area contributed by atoms with Gasteiger partial charge in [-0.2, -0.15) is 0 Å². The number of benzene rings is 1. The van der Waals surface area contributed by atoms with Gasteiger partial charge in [0.2, 0.25) is 0 Å². The fourth-order valence-corrected chi connectivity index (χ4v) is 3.41. The zero-order valence-electron chi connectivity index (χ0n) is 12.7. The first-order chi connectivity index (χ1) is 10.8. The molecule has 1 aliphatic carbocycles. The first-order valence-electron chi connectivity index (χ1n) is 7.20. The van der Waals surface area contributed by atoms with Gasteiger partial charge in [-0.1, -0.05) is 12.1 Å². The van der Waals surface area contributed by atoms with Crippen LogP contribution in [-0.4, -0.2) is 34.0 Å². The van der Waals surface area contributed by atoms with E-state index < -0.39 is 29.2 Å². The molecular weight excluding hydrogens is 303 g/mol. The Labute approximate surface area is 131 Å². The van der Waals surface area contributed by atoms with Crippen molar-refractivity contribution < 1.29 is 19.0 Å². The summed E-state index contributed by atoms with van der Waals surface area (Å²) in [7, 11) is 1.23. The van der Waals surface area contributed by atoms with Gasteiger partial charge in [0.25, 0.3) is 5.56 Å². The van der Waals surface area contributed by atoms with Crippen LogP contribution in [0.2, 0.25) is 0 Å². The second-order valence-electron chi connectivity index (χ2n) is 6.04. The lowest BCUT2D eigenvalue weighted by molar-refractivity contribution is -0.156. The predicted molar refractivity (Wildman–Crippen MR) is 79.5 cm³/mol. The van der Waals surface area contributed by atoms with E-state index in [1.54, 1.807) is 0 Å². The van der Waals surface area contributed by atoms with Crippen molar-refractivity contribution in [1.29, 1.82) is 0 Å². The molecule has 3 atom stereocenters. The van der Waals surface area contributed by atoms with Gasteiger partial charge in [-0.25, -0.2) is 4.39 Å². The van der Waals surface area contributed by atoms with Crippen molar-refractivity contribution in [3.63, 3.8) is 0 Å². The van der Waals surface area contributed by atoms with Gasteiger partial charge in [0.15, 0.2) is 0 Å². The molecule has 0 aliphatic heterocycles. The molecule has 1 heterocycles. The molecule has 23 heavy (non-hydrogen) atoms. The van der Waals surface area contributed by atoms with E-state index in [0.717, 1.165) is 0 Å². The maximum atomic E-state index is 13.2. The summed E-state index contributed by atoms with van der Waals surface area (Å²) >= 11 is 0. The highest BCUT2D eigenvalue weighted by Gasteiger charge is 2.51. The number of nitrogens with one attached hydrogen (secondary N) is 2. The Kier molecular flexibility index (Phi) is 3.60. The monoisotopic (exact) mass is 320 g/mol. The molecule has 1 aromatic carbocycles. The van der Waals surface area contributed by atoms with Gasteiger partial charge in [-0.05, 0) is 24.6 Å². The maximum absolute atomic E-state index is 13.2. The van der Waals surface area contributed by atoms with E-state index >= 15 is 0 Å². The van der Waals surface area contributed by atoms with Crippen LogP contribution in [0.4, 0.5) is 4.39 Å². The van der Waals surface area contributed by atoms with Crippen LogP contribution >= 0.6 is 0 Å².